The molecule has 8 aromatic carbocycles. The lowest BCUT2D eigenvalue weighted by Gasteiger charge is -2.13. The van der Waals surface area contributed by atoms with Crippen molar-refractivity contribution in [3.63, 3.8) is 0 Å². The second-order valence-corrected chi connectivity index (χ2v) is 14.2. The molecule has 0 radical (unpaired) electrons. The summed E-state index contributed by atoms with van der Waals surface area (Å²) in [5.41, 5.74) is 14.8. The number of nitrogens with zero attached hydrogens (tertiary/aromatic N) is 2. The van der Waals surface area contributed by atoms with Gasteiger partial charge in [-0.15, -0.1) is 0 Å². The van der Waals surface area contributed by atoms with Crippen LogP contribution in [0.15, 0.2) is 203 Å². The van der Waals surface area contributed by atoms with Crippen molar-refractivity contribution in [1.29, 1.82) is 0 Å². The fourth-order valence-electron chi connectivity index (χ4n) is 7.85. The van der Waals surface area contributed by atoms with Crippen molar-refractivity contribution >= 4 is 43.9 Å². The zero-order valence-electron chi connectivity index (χ0n) is 30.2. The molecule has 0 saturated heterocycles. The van der Waals surface area contributed by atoms with Crippen molar-refractivity contribution in [3.05, 3.63) is 194 Å². The molecular formula is C52H32N2O2. The first kappa shape index (κ1) is 31.9. The molecular weight excluding hydrogens is 685 g/mol. The van der Waals surface area contributed by atoms with Crippen LogP contribution in [0.3, 0.4) is 0 Å². The van der Waals surface area contributed by atoms with E-state index in [4.69, 9.17) is 18.8 Å². The molecule has 0 aliphatic rings. The summed E-state index contributed by atoms with van der Waals surface area (Å²) in [6.07, 6.45) is 0. The molecule has 11 aromatic rings. The Hall–Kier alpha value is -7.56. The van der Waals surface area contributed by atoms with Crippen LogP contribution in [-0.4, -0.2) is 9.97 Å². The van der Waals surface area contributed by atoms with E-state index in [0.717, 1.165) is 99.8 Å². The maximum atomic E-state index is 6.21. The first-order valence-electron chi connectivity index (χ1n) is 18.8. The van der Waals surface area contributed by atoms with Crippen molar-refractivity contribution < 1.29 is 8.83 Å². The molecule has 0 bridgehead atoms. The Balaban J connectivity index is 1.11. The van der Waals surface area contributed by atoms with Crippen LogP contribution in [0, 0.1) is 0 Å². The predicted octanol–water partition coefficient (Wildman–Crippen LogP) is 14.3. The van der Waals surface area contributed by atoms with E-state index in [9.17, 15) is 0 Å². The SMILES string of the molecule is c1ccc(-c2ccc(-c3cc(-c4ccccc4)nc(-c4cc(-c5ccc6oc7ccccc7c6c5)cc(-c5ccc6oc7ccccc7c6c5)c4)n3)cc2)cc1. The van der Waals surface area contributed by atoms with Gasteiger partial charge in [0.05, 0.1) is 11.4 Å². The second kappa shape index (κ2) is 13.1. The van der Waals surface area contributed by atoms with Gasteiger partial charge in [-0.05, 0) is 94.0 Å². The molecule has 0 unspecified atom stereocenters. The Labute approximate surface area is 323 Å². The zero-order valence-corrected chi connectivity index (χ0v) is 30.2. The minimum atomic E-state index is 0.654. The summed E-state index contributed by atoms with van der Waals surface area (Å²) in [6.45, 7) is 0. The molecule has 3 heterocycles. The maximum Gasteiger partial charge on any atom is 0.160 e. The van der Waals surface area contributed by atoms with Gasteiger partial charge < -0.3 is 8.83 Å². The van der Waals surface area contributed by atoms with Crippen LogP contribution in [0.2, 0.25) is 0 Å². The third kappa shape index (κ3) is 5.64. The van der Waals surface area contributed by atoms with Gasteiger partial charge >= 0.3 is 0 Å². The van der Waals surface area contributed by atoms with E-state index >= 15 is 0 Å². The van der Waals surface area contributed by atoms with Crippen LogP contribution in [0.25, 0.3) is 111 Å². The average molecular weight is 717 g/mol. The molecule has 0 aliphatic heterocycles. The second-order valence-electron chi connectivity index (χ2n) is 14.2. The van der Waals surface area contributed by atoms with Gasteiger partial charge in [0, 0.05) is 38.2 Å². The van der Waals surface area contributed by atoms with Crippen LogP contribution in [0.4, 0.5) is 0 Å². The number of furan rings is 2. The molecule has 0 fully saturated rings. The van der Waals surface area contributed by atoms with Crippen LogP contribution >= 0.6 is 0 Å². The monoisotopic (exact) mass is 716 g/mol. The largest absolute Gasteiger partial charge is 0.456 e. The van der Waals surface area contributed by atoms with E-state index in [1.165, 1.54) is 5.56 Å². The van der Waals surface area contributed by atoms with Crippen molar-refractivity contribution in [1.82, 2.24) is 9.97 Å². The van der Waals surface area contributed by atoms with Crippen molar-refractivity contribution in [2.75, 3.05) is 0 Å². The molecule has 56 heavy (non-hydrogen) atoms. The van der Waals surface area contributed by atoms with Gasteiger partial charge in [0.1, 0.15) is 22.3 Å². The van der Waals surface area contributed by atoms with Crippen molar-refractivity contribution in [3.8, 4) is 67.3 Å². The first-order chi connectivity index (χ1) is 27.7. The smallest absolute Gasteiger partial charge is 0.160 e. The lowest BCUT2D eigenvalue weighted by atomic mass is 9.94. The van der Waals surface area contributed by atoms with Gasteiger partial charge in [0.25, 0.3) is 0 Å². The van der Waals surface area contributed by atoms with Gasteiger partial charge in [-0.3, -0.25) is 0 Å². The summed E-state index contributed by atoms with van der Waals surface area (Å²) in [7, 11) is 0. The van der Waals surface area contributed by atoms with Gasteiger partial charge in [0.2, 0.25) is 0 Å². The van der Waals surface area contributed by atoms with Crippen LogP contribution in [-0.2, 0) is 0 Å². The van der Waals surface area contributed by atoms with E-state index in [-0.39, 0.29) is 0 Å². The molecule has 0 aliphatic carbocycles. The third-order valence-electron chi connectivity index (χ3n) is 10.7. The van der Waals surface area contributed by atoms with Crippen molar-refractivity contribution in [2.45, 2.75) is 0 Å². The van der Waals surface area contributed by atoms with Gasteiger partial charge in [-0.1, -0.05) is 133 Å². The van der Waals surface area contributed by atoms with Crippen LogP contribution < -0.4 is 0 Å². The minimum absolute atomic E-state index is 0.654. The highest BCUT2D eigenvalue weighted by Crippen LogP contribution is 2.39. The summed E-state index contributed by atoms with van der Waals surface area (Å²) in [5, 5.41) is 4.36. The molecule has 262 valence electrons. The Bertz CT molecular complexity index is 3100. The standard InChI is InChI=1S/C52H32N2O2/c1-3-11-33(12-4-1)34-19-21-36(22-20-34)47-32-46(35-13-5-2-6-14-35)53-52(54-47)41-28-39(37-23-25-50-44(30-37)42-15-7-9-17-48(42)55-50)27-40(29-41)38-24-26-51-45(31-38)43-16-8-10-18-49(43)56-51/h1-32H. The number of rotatable bonds is 6. The number of benzene rings is 8. The maximum absolute atomic E-state index is 6.21. The van der Waals surface area contributed by atoms with E-state index in [1.807, 2.05) is 36.4 Å². The molecule has 3 aromatic heterocycles. The molecule has 11 rings (SSSR count). The molecule has 0 atom stereocenters. The summed E-state index contributed by atoms with van der Waals surface area (Å²) < 4.78 is 12.4. The minimum Gasteiger partial charge on any atom is -0.456 e. The fraction of sp³-hybridized carbons (Fsp3) is 0. The Kier molecular flexibility index (Phi) is 7.46. The van der Waals surface area contributed by atoms with Gasteiger partial charge in [0.15, 0.2) is 5.82 Å². The molecule has 0 amide bonds. The van der Waals surface area contributed by atoms with E-state index in [1.54, 1.807) is 0 Å². The molecule has 4 heteroatoms. The lowest BCUT2D eigenvalue weighted by Crippen LogP contribution is -1.97. The van der Waals surface area contributed by atoms with E-state index in [0.29, 0.717) is 5.82 Å². The highest BCUT2D eigenvalue weighted by molar-refractivity contribution is 6.07. The Morgan fingerprint density at radius 1 is 0.250 bits per heavy atom. The zero-order chi connectivity index (χ0) is 37.0. The van der Waals surface area contributed by atoms with Crippen LogP contribution in [0.5, 0.6) is 0 Å². The summed E-state index contributed by atoms with van der Waals surface area (Å²) >= 11 is 0. The lowest BCUT2D eigenvalue weighted by molar-refractivity contribution is 0.668. The number of aromatic nitrogens is 2. The number of hydrogen-bond acceptors (Lipinski definition) is 4. The number of hydrogen-bond donors (Lipinski definition) is 0. The number of para-hydroxylation sites is 2. The molecule has 0 N–H and O–H groups in total. The molecule has 0 saturated carbocycles. The number of fused-ring (bicyclic) bond motifs is 6. The van der Waals surface area contributed by atoms with Gasteiger partial charge in [-0.2, -0.15) is 0 Å². The summed E-state index contributed by atoms with van der Waals surface area (Å²) in [4.78, 5) is 10.6. The summed E-state index contributed by atoms with van der Waals surface area (Å²) in [6, 6.07) is 67.5. The third-order valence-corrected chi connectivity index (χ3v) is 10.7. The van der Waals surface area contributed by atoms with Crippen molar-refractivity contribution in [2.24, 2.45) is 0 Å². The van der Waals surface area contributed by atoms with Gasteiger partial charge in [-0.25, -0.2) is 9.97 Å². The summed E-state index contributed by atoms with van der Waals surface area (Å²) in [5.74, 6) is 0.654. The quantitative estimate of drug-likeness (QED) is 0.172. The Morgan fingerprint density at radius 2 is 0.643 bits per heavy atom. The predicted molar refractivity (Wildman–Crippen MR) is 229 cm³/mol. The topological polar surface area (TPSA) is 52.1 Å². The van der Waals surface area contributed by atoms with E-state index < -0.39 is 0 Å². The normalized spacial score (nSPS) is 11.6. The van der Waals surface area contributed by atoms with E-state index in [2.05, 4.69) is 158 Å². The fourth-order valence-corrected chi connectivity index (χ4v) is 7.85. The highest BCUT2D eigenvalue weighted by atomic mass is 16.3. The Morgan fingerprint density at radius 3 is 1.20 bits per heavy atom. The van der Waals surface area contributed by atoms with Crippen LogP contribution in [0.1, 0.15) is 0 Å². The molecule has 4 nitrogen and oxygen atoms in total. The molecule has 0 spiro atoms. The average Bonchev–Trinajstić information content (AvgIpc) is 3.84. The first-order valence-corrected chi connectivity index (χ1v) is 18.8. The highest BCUT2D eigenvalue weighted by Gasteiger charge is 2.16.